The Labute approximate surface area is 103 Å². The molecule has 0 unspecified atom stereocenters. The summed E-state index contributed by atoms with van der Waals surface area (Å²) >= 11 is 0. The van der Waals surface area contributed by atoms with E-state index in [0.717, 1.165) is 6.07 Å². The summed E-state index contributed by atoms with van der Waals surface area (Å²) in [6, 6.07) is 2.70. The Morgan fingerprint density at radius 1 is 1.17 bits per heavy atom. The number of rotatable bonds is 2. The topological polar surface area (TPSA) is 26.0 Å². The van der Waals surface area contributed by atoms with Gasteiger partial charge in [0.25, 0.3) is 0 Å². The van der Waals surface area contributed by atoms with Gasteiger partial charge in [0.2, 0.25) is 0 Å². The second-order valence-electron chi connectivity index (χ2n) is 5.50. The van der Waals surface area contributed by atoms with Gasteiger partial charge >= 0.3 is 6.18 Å². The van der Waals surface area contributed by atoms with Crippen molar-refractivity contribution in [1.29, 1.82) is 0 Å². The molecule has 0 amide bonds. The average molecular weight is 261 g/mol. The summed E-state index contributed by atoms with van der Waals surface area (Å²) in [7, 11) is 0. The minimum atomic E-state index is -4.52. The number of nitrogens with two attached hydrogens (primary N) is 1. The van der Waals surface area contributed by atoms with E-state index in [0.29, 0.717) is 24.5 Å². The molecule has 1 saturated carbocycles. The third-order valence-electron chi connectivity index (χ3n) is 3.80. The fraction of sp³-hybridized carbons (Fsp3) is 0.538. The van der Waals surface area contributed by atoms with Crippen LogP contribution in [0.2, 0.25) is 0 Å². The second kappa shape index (κ2) is 3.70. The quantitative estimate of drug-likeness (QED) is 0.808. The molecule has 0 radical (unpaired) electrons. The second-order valence-corrected chi connectivity index (χ2v) is 5.50. The molecule has 0 atom stereocenters. The molecule has 1 aromatic rings. The Kier molecular flexibility index (Phi) is 2.74. The van der Waals surface area contributed by atoms with E-state index in [1.54, 1.807) is 13.8 Å². The van der Waals surface area contributed by atoms with Gasteiger partial charge in [-0.05, 0) is 44.4 Å². The third kappa shape index (κ3) is 2.00. The minimum Gasteiger partial charge on any atom is -0.325 e. The number of hydrogen-bond acceptors (Lipinski definition) is 1. The van der Waals surface area contributed by atoms with Crippen molar-refractivity contribution in [3.05, 3.63) is 35.1 Å². The van der Waals surface area contributed by atoms with Gasteiger partial charge in [-0.3, -0.25) is 0 Å². The summed E-state index contributed by atoms with van der Waals surface area (Å²) in [6.45, 7) is 3.55. The summed E-state index contributed by atoms with van der Waals surface area (Å²) in [6.07, 6.45) is -3.11. The lowest BCUT2D eigenvalue weighted by molar-refractivity contribution is -0.137. The van der Waals surface area contributed by atoms with Gasteiger partial charge in [0.15, 0.2) is 0 Å². The highest BCUT2D eigenvalue weighted by Crippen LogP contribution is 2.55. The minimum absolute atomic E-state index is 0.294. The van der Waals surface area contributed by atoms with E-state index in [1.807, 2.05) is 0 Å². The summed E-state index contributed by atoms with van der Waals surface area (Å²) in [5.74, 6) is -0.819. The lowest BCUT2D eigenvalue weighted by atomic mass is 9.79. The normalized spacial score (nSPS) is 18.8. The van der Waals surface area contributed by atoms with Crippen LogP contribution in [0.4, 0.5) is 17.6 Å². The first kappa shape index (κ1) is 13.3. The fourth-order valence-corrected chi connectivity index (χ4v) is 2.47. The summed E-state index contributed by atoms with van der Waals surface area (Å²) in [5.41, 5.74) is 4.17. The van der Waals surface area contributed by atoms with Crippen LogP contribution in [0.15, 0.2) is 18.2 Å². The number of alkyl halides is 3. The Bertz CT molecular complexity index is 467. The molecule has 1 aliphatic rings. The maximum absolute atomic E-state index is 13.9. The van der Waals surface area contributed by atoms with E-state index in [9.17, 15) is 17.6 Å². The van der Waals surface area contributed by atoms with Crippen molar-refractivity contribution in [3.8, 4) is 0 Å². The van der Waals surface area contributed by atoms with Gasteiger partial charge in [-0.15, -0.1) is 0 Å². The molecule has 1 aromatic carbocycles. The predicted molar refractivity (Wildman–Crippen MR) is 60.6 cm³/mol. The molecule has 1 nitrogen and oxygen atoms in total. The van der Waals surface area contributed by atoms with Crippen LogP contribution in [0, 0.1) is 5.82 Å². The lowest BCUT2D eigenvalue weighted by Gasteiger charge is -2.31. The molecule has 1 aliphatic carbocycles. The number of halogens is 4. The molecule has 100 valence electrons. The SMILES string of the molecule is CC(C)(N)C1(c2ccc(C(F)(F)F)cc2F)CC1. The Balaban J connectivity index is 2.44. The van der Waals surface area contributed by atoms with Crippen molar-refractivity contribution >= 4 is 0 Å². The van der Waals surface area contributed by atoms with Crippen LogP contribution >= 0.6 is 0 Å². The first-order chi connectivity index (χ1) is 8.08. The molecule has 1 fully saturated rings. The van der Waals surface area contributed by atoms with Gasteiger partial charge in [0, 0.05) is 11.0 Å². The molecule has 5 heteroatoms. The highest BCUT2D eigenvalue weighted by atomic mass is 19.4. The summed E-state index contributed by atoms with van der Waals surface area (Å²) in [4.78, 5) is 0. The smallest absolute Gasteiger partial charge is 0.325 e. The van der Waals surface area contributed by atoms with Crippen molar-refractivity contribution in [2.45, 2.75) is 43.8 Å². The number of hydrogen-bond donors (Lipinski definition) is 1. The van der Waals surface area contributed by atoms with Gasteiger partial charge in [0.05, 0.1) is 5.56 Å². The highest BCUT2D eigenvalue weighted by molar-refractivity contribution is 5.39. The molecular formula is C13H15F4N. The van der Waals surface area contributed by atoms with Gasteiger partial charge in [-0.25, -0.2) is 4.39 Å². The van der Waals surface area contributed by atoms with E-state index < -0.39 is 28.5 Å². The van der Waals surface area contributed by atoms with Gasteiger partial charge in [-0.1, -0.05) is 6.07 Å². The van der Waals surface area contributed by atoms with Crippen LogP contribution in [-0.2, 0) is 11.6 Å². The van der Waals surface area contributed by atoms with Crippen molar-refractivity contribution in [1.82, 2.24) is 0 Å². The van der Waals surface area contributed by atoms with E-state index >= 15 is 0 Å². The van der Waals surface area contributed by atoms with Crippen molar-refractivity contribution < 1.29 is 17.6 Å². The van der Waals surface area contributed by atoms with Gasteiger partial charge in [0.1, 0.15) is 5.82 Å². The van der Waals surface area contributed by atoms with Crippen LogP contribution in [0.5, 0.6) is 0 Å². The van der Waals surface area contributed by atoms with E-state index in [1.165, 1.54) is 6.07 Å². The van der Waals surface area contributed by atoms with Crippen LogP contribution < -0.4 is 5.73 Å². The van der Waals surface area contributed by atoms with Crippen molar-refractivity contribution in [2.24, 2.45) is 5.73 Å². The molecule has 0 saturated heterocycles. The molecule has 0 heterocycles. The molecule has 18 heavy (non-hydrogen) atoms. The summed E-state index contributed by atoms with van der Waals surface area (Å²) in [5, 5.41) is 0. The standard InChI is InChI=1S/C13H15F4N/c1-11(2,18)12(5-6-12)9-4-3-8(7-10(9)14)13(15,16)17/h3-4,7H,5-6,18H2,1-2H3. The first-order valence-corrected chi connectivity index (χ1v) is 5.74. The molecule has 2 rings (SSSR count). The van der Waals surface area contributed by atoms with Crippen LogP contribution in [-0.4, -0.2) is 5.54 Å². The van der Waals surface area contributed by atoms with Gasteiger partial charge in [-0.2, -0.15) is 13.2 Å². The molecule has 0 aliphatic heterocycles. The fourth-order valence-electron chi connectivity index (χ4n) is 2.47. The van der Waals surface area contributed by atoms with Crippen LogP contribution in [0.3, 0.4) is 0 Å². The predicted octanol–water partition coefficient (Wildman–Crippen LogP) is 3.61. The van der Waals surface area contributed by atoms with E-state index in [2.05, 4.69) is 0 Å². The van der Waals surface area contributed by atoms with Crippen LogP contribution in [0.1, 0.15) is 37.8 Å². The maximum Gasteiger partial charge on any atom is 0.416 e. The average Bonchev–Trinajstić information content (AvgIpc) is 2.95. The zero-order valence-corrected chi connectivity index (χ0v) is 10.2. The molecule has 0 aromatic heterocycles. The largest absolute Gasteiger partial charge is 0.416 e. The number of benzene rings is 1. The van der Waals surface area contributed by atoms with E-state index in [4.69, 9.17) is 5.73 Å². The zero-order chi connectivity index (χ0) is 13.8. The summed E-state index contributed by atoms with van der Waals surface area (Å²) < 4.78 is 51.3. The molecule has 0 spiro atoms. The Hall–Kier alpha value is -1.10. The molecule has 0 bridgehead atoms. The Morgan fingerprint density at radius 3 is 2.06 bits per heavy atom. The van der Waals surface area contributed by atoms with Crippen LogP contribution in [0.25, 0.3) is 0 Å². The van der Waals surface area contributed by atoms with Gasteiger partial charge < -0.3 is 5.73 Å². The monoisotopic (exact) mass is 261 g/mol. The molecule has 2 N–H and O–H groups in total. The highest BCUT2D eigenvalue weighted by Gasteiger charge is 2.55. The van der Waals surface area contributed by atoms with Crippen molar-refractivity contribution in [3.63, 3.8) is 0 Å². The lowest BCUT2D eigenvalue weighted by Crippen LogP contribution is -2.45. The zero-order valence-electron chi connectivity index (χ0n) is 10.2. The third-order valence-corrected chi connectivity index (χ3v) is 3.80. The van der Waals surface area contributed by atoms with Crippen molar-refractivity contribution in [2.75, 3.05) is 0 Å². The van der Waals surface area contributed by atoms with E-state index in [-0.39, 0.29) is 0 Å². The molecular weight excluding hydrogens is 246 g/mol. The maximum atomic E-state index is 13.9. The first-order valence-electron chi connectivity index (χ1n) is 5.74. The Morgan fingerprint density at radius 2 is 1.72 bits per heavy atom.